The zero-order chi connectivity index (χ0) is 19.2. The predicted octanol–water partition coefficient (Wildman–Crippen LogP) is 2.82. The fourth-order valence-corrected chi connectivity index (χ4v) is 3.91. The van der Waals surface area contributed by atoms with Gasteiger partial charge < -0.3 is 4.90 Å². The Labute approximate surface area is 156 Å². The van der Waals surface area contributed by atoms with Crippen molar-refractivity contribution in [2.45, 2.75) is 27.2 Å². The van der Waals surface area contributed by atoms with Gasteiger partial charge in [-0.05, 0) is 49.1 Å². The predicted molar refractivity (Wildman–Crippen MR) is 106 cm³/mol. The van der Waals surface area contributed by atoms with Crippen LogP contribution in [0.3, 0.4) is 0 Å². The van der Waals surface area contributed by atoms with Gasteiger partial charge in [0.05, 0.1) is 5.75 Å². The third kappa shape index (κ3) is 6.28. The number of nitrogens with one attached hydrogen (secondary N) is 1. The minimum atomic E-state index is -3.39. The summed E-state index contributed by atoms with van der Waals surface area (Å²) in [6.45, 7) is 5.91. The van der Waals surface area contributed by atoms with E-state index in [0.29, 0.717) is 13.0 Å². The van der Waals surface area contributed by atoms with Crippen molar-refractivity contribution in [1.29, 1.82) is 0 Å². The summed E-state index contributed by atoms with van der Waals surface area (Å²) in [4.78, 5) is 13.6. The number of anilines is 1. The van der Waals surface area contributed by atoms with Gasteiger partial charge in [0.15, 0.2) is 0 Å². The van der Waals surface area contributed by atoms with Gasteiger partial charge in [0.1, 0.15) is 0 Å². The van der Waals surface area contributed by atoms with E-state index in [9.17, 15) is 13.2 Å². The molecule has 0 heterocycles. The zero-order valence-corrected chi connectivity index (χ0v) is 16.3. The van der Waals surface area contributed by atoms with Gasteiger partial charge in [0, 0.05) is 25.7 Å². The molecule has 0 spiro atoms. The molecule has 0 atom stereocenters. The van der Waals surface area contributed by atoms with Gasteiger partial charge in [-0.2, -0.15) is 0 Å². The fourth-order valence-electron chi connectivity index (χ4n) is 2.86. The molecule has 0 saturated heterocycles. The van der Waals surface area contributed by atoms with E-state index < -0.39 is 10.0 Å². The number of hydrogen-bond acceptors (Lipinski definition) is 3. The Hall–Kier alpha value is -2.18. The van der Waals surface area contributed by atoms with Crippen LogP contribution in [0.25, 0.3) is 0 Å². The second-order valence-electron chi connectivity index (χ2n) is 6.47. The molecule has 2 aromatic carbocycles. The Morgan fingerprint density at radius 2 is 1.65 bits per heavy atom. The molecule has 0 bridgehead atoms. The molecule has 0 aliphatic rings. The fraction of sp³-hybridized carbons (Fsp3) is 0.350. The molecule has 6 heteroatoms. The maximum Gasteiger partial charge on any atom is 0.223 e. The van der Waals surface area contributed by atoms with E-state index in [0.717, 1.165) is 22.4 Å². The molecular weight excluding hydrogens is 348 g/mol. The van der Waals surface area contributed by atoms with E-state index in [2.05, 4.69) is 4.72 Å². The van der Waals surface area contributed by atoms with Crippen LogP contribution in [0.1, 0.15) is 23.6 Å². The van der Waals surface area contributed by atoms with Crippen molar-refractivity contribution < 1.29 is 13.2 Å². The van der Waals surface area contributed by atoms with Crippen LogP contribution in [0.4, 0.5) is 5.69 Å². The summed E-state index contributed by atoms with van der Waals surface area (Å²) in [6.07, 6.45) is 0.462. The smallest absolute Gasteiger partial charge is 0.223 e. The van der Waals surface area contributed by atoms with E-state index in [1.54, 1.807) is 4.90 Å². The van der Waals surface area contributed by atoms with Gasteiger partial charge in [0.2, 0.25) is 15.9 Å². The number of nitrogens with zero attached hydrogens (tertiary/aromatic N) is 1. The molecule has 1 amide bonds. The van der Waals surface area contributed by atoms with Gasteiger partial charge in [0.25, 0.3) is 0 Å². The lowest BCUT2D eigenvalue weighted by atomic mass is 10.1. The molecule has 0 aliphatic carbocycles. The van der Waals surface area contributed by atoms with Crippen LogP contribution in [0, 0.1) is 13.8 Å². The van der Waals surface area contributed by atoms with Gasteiger partial charge in [-0.3, -0.25) is 4.79 Å². The van der Waals surface area contributed by atoms with Gasteiger partial charge in [-0.15, -0.1) is 0 Å². The molecule has 0 unspecified atom stereocenters. The van der Waals surface area contributed by atoms with Crippen LogP contribution >= 0.6 is 0 Å². The summed E-state index contributed by atoms with van der Waals surface area (Å²) < 4.78 is 27.0. The van der Waals surface area contributed by atoms with Crippen LogP contribution in [-0.4, -0.2) is 33.2 Å². The summed E-state index contributed by atoms with van der Waals surface area (Å²) in [5, 5.41) is 0. The normalized spacial score (nSPS) is 11.3. The van der Waals surface area contributed by atoms with E-state index >= 15 is 0 Å². The number of aryl methyl sites for hydroxylation is 3. The van der Waals surface area contributed by atoms with Crippen LogP contribution in [0.5, 0.6) is 0 Å². The minimum Gasteiger partial charge on any atom is -0.311 e. The van der Waals surface area contributed by atoms with Crippen molar-refractivity contribution in [3.63, 3.8) is 0 Å². The number of hydrogen-bond donors (Lipinski definition) is 1. The van der Waals surface area contributed by atoms with Crippen molar-refractivity contribution in [3.8, 4) is 0 Å². The van der Waals surface area contributed by atoms with Gasteiger partial charge in [-0.25, -0.2) is 13.1 Å². The highest BCUT2D eigenvalue weighted by Gasteiger charge is 2.15. The topological polar surface area (TPSA) is 66.5 Å². The van der Waals surface area contributed by atoms with Crippen molar-refractivity contribution in [2.75, 3.05) is 23.7 Å². The monoisotopic (exact) mass is 374 g/mol. The summed E-state index contributed by atoms with van der Waals surface area (Å²) in [5.41, 5.74) is 3.90. The van der Waals surface area contributed by atoms with Crippen molar-refractivity contribution in [3.05, 3.63) is 65.2 Å². The molecule has 0 saturated carbocycles. The van der Waals surface area contributed by atoms with Crippen molar-refractivity contribution in [2.24, 2.45) is 0 Å². The number of rotatable bonds is 8. The summed E-state index contributed by atoms with van der Waals surface area (Å²) in [5.74, 6) is -0.0841. The largest absolute Gasteiger partial charge is 0.311 e. The number of sulfonamides is 1. The van der Waals surface area contributed by atoms with Gasteiger partial charge in [-0.1, -0.05) is 36.4 Å². The number of benzene rings is 2. The Balaban J connectivity index is 1.93. The first-order valence-corrected chi connectivity index (χ1v) is 10.3. The lowest BCUT2D eigenvalue weighted by Crippen LogP contribution is -2.38. The standard InChI is InChI=1S/C20H26N2O3S/c1-16-13-17(2)15-20(14-16)22(18(3)23)11-10-21-26(24,25)12-9-19-7-5-4-6-8-19/h4-8,13-15,21H,9-12H2,1-3H3. The Kier molecular flexibility index (Phi) is 6.94. The third-order valence-corrected chi connectivity index (χ3v) is 5.44. The second-order valence-corrected chi connectivity index (χ2v) is 8.39. The SMILES string of the molecule is CC(=O)N(CCNS(=O)(=O)CCc1ccccc1)c1cc(C)cc(C)c1. The summed E-state index contributed by atoms with van der Waals surface area (Å²) in [6, 6.07) is 15.4. The van der Waals surface area contributed by atoms with E-state index in [1.807, 2.05) is 62.4 Å². The molecule has 26 heavy (non-hydrogen) atoms. The van der Waals surface area contributed by atoms with Crippen LogP contribution in [-0.2, 0) is 21.2 Å². The molecule has 2 rings (SSSR count). The van der Waals surface area contributed by atoms with E-state index in [1.165, 1.54) is 6.92 Å². The van der Waals surface area contributed by atoms with Crippen LogP contribution in [0.2, 0.25) is 0 Å². The Morgan fingerprint density at radius 1 is 1.04 bits per heavy atom. The number of carbonyl (C=O) groups excluding carboxylic acids is 1. The quantitative estimate of drug-likeness (QED) is 0.773. The summed E-state index contributed by atoms with van der Waals surface area (Å²) in [7, 11) is -3.39. The molecular formula is C20H26N2O3S. The van der Waals surface area contributed by atoms with Crippen LogP contribution in [0.15, 0.2) is 48.5 Å². The first-order chi connectivity index (χ1) is 12.3. The molecule has 0 radical (unpaired) electrons. The van der Waals surface area contributed by atoms with Crippen molar-refractivity contribution >= 4 is 21.6 Å². The third-order valence-electron chi connectivity index (χ3n) is 4.06. The highest BCUT2D eigenvalue weighted by atomic mass is 32.2. The lowest BCUT2D eigenvalue weighted by Gasteiger charge is -2.22. The second kappa shape index (κ2) is 8.96. The molecule has 0 fully saturated rings. The molecule has 0 aliphatic heterocycles. The number of amides is 1. The molecule has 1 N–H and O–H groups in total. The van der Waals surface area contributed by atoms with E-state index in [-0.39, 0.29) is 18.2 Å². The minimum absolute atomic E-state index is 0.0284. The molecule has 5 nitrogen and oxygen atoms in total. The van der Waals surface area contributed by atoms with Gasteiger partial charge >= 0.3 is 0 Å². The average Bonchev–Trinajstić information content (AvgIpc) is 2.57. The average molecular weight is 375 g/mol. The van der Waals surface area contributed by atoms with Crippen molar-refractivity contribution in [1.82, 2.24) is 4.72 Å². The zero-order valence-electron chi connectivity index (χ0n) is 15.5. The number of carbonyl (C=O) groups is 1. The van der Waals surface area contributed by atoms with Crippen LogP contribution < -0.4 is 9.62 Å². The highest BCUT2D eigenvalue weighted by Crippen LogP contribution is 2.18. The molecule has 2 aromatic rings. The lowest BCUT2D eigenvalue weighted by molar-refractivity contribution is -0.116. The van der Waals surface area contributed by atoms with E-state index in [4.69, 9.17) is 0 Å². The Bertz CT molecular complexity index is 828. The first-order valence-electron chi connectivity index (χ1n) is 8.64. The summed E-state index contributed by atoms with van der Waals surface area (Å²) >= 11 is 0. The maximum absolute atomic E-state index is 12.2. The first kappa shape index (κ1) is 20.1. The Morgan fingerprint density at radius 3 is 2.23 bits per heavy atom. The molecule has 0 aromatic heterocycles. The highest BCUT2D eigenvalue weighted by molar-refractivity contribution is 7.89. The molecule has 140 valence electrons. The maximum atomic E-state index is 12.2.